The molecule has 0 unspecified atom stereocenters. The van der Waals surface area contributed by atoms with E-state index in [0.29, 0.717) is 0 Å². The van der Waals surface area contributed by atoms with E-state index in [-0.39, 0.29) is 18.1 Å². The quantitative estimate of drug-likeness (QED) is 0.395. The summed E-state index contributed by atoms with van der Waals surface area (Å²) < 4.78 is 44.9. The van der Waals surface area contributed by atoms with Gasteiger partial charge in [0.05, 0.1) is 5.56 Å². The fourth-order valence-electron chi connectivity index (χ4n) is 3.86. The van der Waals surface area contributed by atoms with Crippen LogP contribution in [0.2, 0.25) is 0 Å². The van der Waals surface area contributed by atoms with Gasteiger partial charge in [-0.05, 0) is 39.2 Å². The number of fused-ring (bicyclic) bond motifs is 1. The first-order chi connectivity index (χ1) is 16.8. The normalized spacial score (nSPS) is 12.9. The van der Waals surface area contributed by atoms with Crippen molar-refractivity contribution in [2.24, 2.45) is 0 Å². The Bertz CT molecular complexity index is 1370. The van der Waals surface area contributed by atoms with E-state index in [0.717, 1.165) is 42.0 Å². The third-order valence-corrected chi connectivity index (χ3v) is 5.50. The van der Waals surface area contributed by atoms with Crippen LogP contribution in [-0.4, -0.2) is 16.3 Å². The number of urea groups is 1. The number of nitrogens with one attached hydrogen (secondary N) is 2. The van der Waals surface area contributed by atoms with E-state index in [2.05, 4.69) is 38.3 Å². The number of benzene rings is 2. The number of carbonyl (C=O) groups is 1. The monoisotopic (exact) mass is 480 g/mol. The van der Waals surface area contributed by atoms with Crippen molar-refractivity contribution in [1.29, 1.82) is 0 Å². The van der Waals surface area contributed by atoms with Gasteiger partial charge in [-0.25, -0.2) is 0 Å². The molecule has 5 rings (SSSR count). The van der Waals surface area contributed by atoms with Gasteiger partial charge in [0, 0.05) is 24.8 Å². The molecule has 2 aromatic carbocycles. The van der Waals surface area contributed by atoms with Gasteiger partial charge in [-0.15, -0.1) is 0 Å². The van der Waals surface area contributed by atoms with Crippen molar-refractivity contribution in [1.82, 2.24) is 15.6 Å². The summed E-state index contributed by atoms with van der Waals surface area (Å²) in [6, 6.07) is 13.5. The maximum absolute atomic E-state index is 12.8. The predicted molar refractivity (Wildman–Crippen MR) is 119 cm³/mol. The molecule has 0 atom stereocenters. The van der Waals surface area contributed by atoms with E-state index in [1.54, 1.807) is 6.20 Å². The van der Waals surface area contributed by atoms with Crippen LogP contribution < -0.4 is 15.3 Å². The Morgan fingerprint density at radius 2 is 2.00 bits per heavy atom. The van der Waals surface area contributed by atoms with E-state index in [1.807, 2.05) is 18.2 Å². The lowest BCUT2D eigenvalue weighted by atomic mass is 9.98. The highest BCUT2D eigenvalue weighted by molar-refractivity contribution is 6.03. The molecular formula is C24H19F3N6O2. The first-order valence-corrected chi connectivity index (χ1v) is 10.7. The average Bonchev–Trinajstić information content (AvgIpc) is 3.48. The van der Waals surface area contributed by atoms with Gasteiger partial charge in [0.2, 0.25) is 18.6 Å². The van der Waals surface area contributed by atoms with Crippen LogP contribution >= 0.6 is 0 Å². The number of anilines is 1. The van der Waals surface area contributed by atoms with Crippen molar-refractivity contribution in [3.05, 3.63) is 94.7 Å². The summed E-state index contributed by atoms with van der Waals surface area (Å²) in [7, 11) is 0. The third kappa shape index (κ3) is 5.14. The lowest BCUT2D eigenvalue weighted by Gasteiger charge is -2.15. The smallest absolute Gasteiger partial charge is 0.416 e. The number of pyridine rings is 1. The van der Waals surface area contributed by atoms with E-state index in [4.69, 9.17) is 4.52 Å². The van der Waals surface area contributed by atoms with Crippen LogP contribution in [0.3, 0.4) is 0 Å². The molecule has 2 aromatic heterocycles. The minimum atomic E-state index is -4.51. The summed E-state index contributed by atoms with van der Waals surface area (Å²) in [6.45, 7) is 1.97. The summed E-state index contributed by atoms with van der Waals surface area (Å²) in [5.41, 5.74) is 4.54. The zero-order valence-electron chi connectivity index (χ0n) is 18.2. The number of carbonyl (C=O) groups excluding carboxylic acids is 1. The Labute approximate surface area is 197 Å². The Kier molecular flexibility index (Phi) is 5.91. The molecule has 35 heavy (non-hydrogen) atoms. The molecule has 0 radical (unpaired) electrons. The second-order valence-electron chi connectivity index (χ2n) is 7.94. The van der Waals surface area contributed by atoms with Crippen LogP contribution in [0, 0.1) is 0 Å². The van der Waals surface area contributed by atoms with Gasteiger partial charge in [0.1, 0.15) is 5.69 Å². The maximum atomic E-state index is 12.8. The van der Waals surface area contributed by atoms with Crippen molar-refractivity contribution in [3.63, 3.8) is 0 Å². The predicted octanol–water partition coefficient (Wildman–Crippen LogP) is 4.93. The van der Waals surface area contributed by atoms with Crippen molar-refractivity contribution in [2.45, 2.75) is 25.8 Å². The highest BCUT2D eigenvalue weighted by Gasteiger charge is 2.30. The molecule has 178 valence electrons. The molecule has 2 N–H and O–H groups in total. The second-order valence-corrected chi connectivity index (χ2v) is 7.94. The van der Waals surface area contributed by atoms with Gasteiger partial charge in [-0.2, -0.15) is 13.2 Å². The molecule has 1 aliphatic heterocycles. The van der Waals surface area contributed by atoms with Crippen molar-refractivity contribution >= 4 is 17.6 Å². The number of aromatic nitrogens is 3. The van der Waals surface area contributed by atoms with Gasteiger partial charge >= 0.3 is 6.18 Å². The molecule has 0 aliphatic carbocycles. The molecule has 8 nitrogen and oxygen atoms in total. The zero-order chi connectivity index (χ0) is 24.4. The summed E-state index contributed by atoms with van der Waals surface area (Å²) in [6.07, 6.45) is -1.31. The molecule has 11 heteroatoms. The molecule has 4 aromatic rings. The number of halogens is 3. The molecule has 0 saturated heterocycles. The van der Waals surface area contributed by atoms with Gasteiger partial charge in [-0.1, -0.05) is 42.5 Å². The Morgan fingerprint density at radius 1 is 1.14 bits per heavy atom. The minimum absolute atomic E-state index is 0.0369. The SMILES string of the molecule is O=C([N-]c1c[n+](Cc2ccc(-c3cccc4c3CNC4)cn2)no1)Nc1cccc(C(F)(F)F)c1. The molecular weight excluding hydrogens is 461 g/mol. The van der Waals surface area contributed by atoms with Crippen LogP contribution in [0.25, 0.3) is 16.4 Å². The fourth-order valence-corrected chi connectivity index (χ4v) is 3.86. The number of hydrogen-bond donors (Lipinski definition) is 2. The summed E-state index contributed by atoms with van der Waals surface area (Å²) in [4.78, 5) is 16.6. The molecule has 0 fully saturated rings. The highest BCUT2D eigenvalue weighted by Crippen LogP contribution is 2.31. The molecule has 0 bridgehead atoms. The molecule has 2 amide bonds. The van der Waals surface area contributed by atoms with Gasteiger partial charge in [0.25, 0.3) is 0 Å². The lowest BCUT2D eigenvalue weighted by Crippen LogP contribution is -2.35. The Balaban J connectivity index is 1.20. The average molecular weight is 480 g/mol. The number of alkyl halides is 3. The standard InChI is InChI=1S/C24H19F3N6O2/c25-24(26,27)17-4-2-5-18(9-17)30-23(34)31-22-14-33(32-35-22)13-19-8-7-16(11-29-19)20-6-1-3-15-10-28-12-21(15)20/h1-9,11,14,28H,10,12-13H2,(H-,30,31,32,34). The number of rotatable bonds is 5. The minimum Gasteiger partial charge on any atom is -0.424 e. The fraction of sp³-hybridized carbons (Fsp3) is 0.167. The van der Waals surface area contributed by atoms with E-state index in [9.17, 15) is 18.0 Å². The van der Waals surface area contributed by atoms with Crippen LogP contribution in [-0.2, 0) is 25.8 Å². The second kappa shape index (κ2) is 9.18. The van der Waals surface area contributed by atoms with Gasteiger partial charge < -0.3 is 20.5 Å². The van der Waals surface area contributed by atoms with E-state index < -0.39 is 17.8 Å². The van der Waals surface area contributed by atoms with Crippen LogP contribution in [0.15, 0.2) is 71.5 Å². The summed E-state index contributed by atoms with van der Waals surface area (Å²) >= 11 is 0. The molecule has 1 aliphatic rings. The van der Waals surface area contributed by atoms with Crippen LogP contribution in [0.5, 0.6) is 0 Å². The largest absolute Gasteiger partial charge is 0.424 e. The van der Waals surface area contributed by atoms with Gasteiger partial charge in [-0.3, -0.25) is 9.78 Å². The van der Waals surface area contributed by atoms with Crippen LogP contribution in [0.4, 0.5) is 29.5 Å². The maximum Gasteiger partial charge on any atom is 0.416 e. The highest BCUT2D eigenvalue weighted by atomic mass is 19.4. The van der Waals surface area contributed by atoms with Gasteiger partial charge in [0.15, 0.2) is 11.3 Å². The number of nitrogens with zero attached hydrogens (tertiary/aromatic N) is 4. The summed E-state index contributed by atoms with van der Waals surface area (Å²) in [5, 5.41) is 13.1. The number of amides is 2. The Morgan fingerprint density at radius 3 is 2.80 bits per heavy atom. The molecule has 0 saturated carbocycles. The molecule has 3 heterocycles. The number of hydrogen-bond acceptors (Lipinski definition) is 5. The van der Waals surface area contributed by atoms with Crippen LogP contribution in [0.1, 0.15) is 22.4 Å². The third-order valence-electron chi connectivity index (χ3n) is 5.50. The first kappa shape index (κ1) is 22.5. The first-order valence-electron chi connectivity index (χ1n) is 10.7. The van der Waals surface area contributed by atoms with Crippen molar-refractivity contribution < 1.29 is 27.2 Å². The van der Waals surface area contributed by atoms with Crippen molar-refractivity contribution in [3.8, 4) is 11.1 Å². The van der Waals surface area contributed by atoms with E-state index >= 15 is 0 Å². The van der Waals surface area contributed by atoms with Crippen molar-refractivity contribution in [2.75, 3.05) is 5.32 Å². The topological polar surface area (TPSA) is 98.0 Å². The zero-order valence-corrected chi connectivity index (χ0v) is 18.2. The lowest BCUT2D eigenvalue weighted by molar-refractivity contribution is -0.755. The Hall–Kier alpha value is -4.25. The summed E-state index contributed by atoms with van der Waals surface area (Å²) in [5.74, 6) is -0.0987. The molecule has 0 spiro atoms. The van der Waals surface area contributed by atoms with E-state index in [1.165, 1.54) is 34.1 Å².